The number of aryl methyl sites for hydroxylation is 1. The highest BCUT2D eigenvalue weighted by atomic mass is 16.2. The molecule has 0 bridgehead atoms. The minimum atomic E-state index is 0.179. The van der Waals surface area contributed by atoms with Crippen LogP contribution in [0.25, 0.3) is 10.9 Å². The highest BCUT2D eigenvalue weighted by molar-refractivity contribution is 5.86. The fourth-order valence-corrected chi connectivity index (χ4v) is 6.96. The average molecular weight is 515 g/mol. The van der Waals surface area contributed by atoms with Gasteiger partial charge >= 0.3 is 0 Å². The van der Waals surface area contributed by atoms with Crippen LogP contribution in [0, 0.1) is 5.92 Å². The van der Waals surface area contributed by atoms with Gasteiger partial charge in [0.05, 0.1) is 0 Å². The Morgan fingerprint density at radius 3 is 2.29 bits per heavy atom. The smallest absolute Gasteiger partial charge is 0.222 e. The number of para-hydroxylation sites is 1. The Bertz CT molecular complexity index is 1200. The van der Waals surface area contributed by atoms with Crippen molar-refractivity contribution in [3.63, 3.8) is 0 Å². The molecular weight excluding hydrogens is 468 g/mol. The molecule has 1 amide bonds. The second kappa shape index (κ2) is 11.6. The fourth-order valence-electron chi connectivity index (χ4n) is 6.96. The summed E-state index contributed by atoms with van der Waals surface area (Å²) in [6, 6.07) is 19.8. The lowest BCUT2D eigenvalue weighted by atomic mass is 9.79. The zero-order valence-corrected chi connectivity index (χ0v) is 23.9. The first-order chi connectivity index (χ1) is 18.4. The van der Waals surface area contributed by atoms with Gasteiger partial charge in [-0.05, 0) is 67.8 Å². The predicted molar refractivity (Wildman–Crippen MR) is 157 cm³/mol. The summed E-state index contributed by atoms with van der Waals surface area (Å²) in [7, 11) is 4.09. The maximum absolute atomic E-state index is 13.4. The quantitative estimate of drug-likeness (QED) is 0.359. The Balaban J connectivity index is 1.19. The van der Waals surface area contributed by atoms with Crippen molar-refractivity contribution in [1.82, 2.24) is 19.3 Å². The summed E-state index contributed by atoms with van der Waals surface area (Å²) in [4.78, 5) is 20.7. The van der Waals surface area contributed by atoms with E-state index in [0.717, 1.165) is 26.2 Å². The van der Waals surface area contributed by atoms with E-state index in [1.165, 1.54) is 60.8 Å². The molecule has 0 radical (unpaired) electrons. The van der Waals surface area contributed by atoms with Gasteiger partial charge in [-0.1, -0.05) is 62.4 Å². The summed E-state index contributed by atoms with van der Waals surface area (Å²) in [5.41, 5.74) is 4.20. The number of hydrogen-bond acceptors (Lipinski definition) is 3. The number of benzene rings is 2. The molecule has 2 fully saturated rings. The standard InChI is InChI=1S/C33H46N4O/c1-26(2)29(30-25-35(4)31-15-9-8-14-28(30)31)24-32(38)34(3)22-23-36-20-16-33(17-21-36,37-18-10-11-19-37)27-12-6-5-7-13-27/h5-9,12-15,25-26,29H,10-11,16-24H2,1-4H3. The van der Waals surface area contributed by atoms with Crippen LogP contribution in [0.5, 0.6) is 0 Å². The molecule has 0 N–H and O–H groups in total. The summed E-state index contributed by atoms with van der Waals surface area (Å²) in [5, 5.41) is 1.28. The third-order valence-corrected chi connectivity index (χ3v) is 9.41. The van der Waals surface area contributed by atoms with Gasteiger partial charge in [0.1, 0.15) is 0 Å². The molecule has 2 aliphatic heterocycles. The molecule has 1 aromatic heterocycles. The first-order valence-corrected chi connectivity index (χ1v) is 14.7. The molecule has 5 nitrogen and oxygen atoms in total. The summed E-state index contributed by atoms with van der Waals surface area (Å²) in [6.45, 7) is 10.9. The lowest BCUT2D eigenvalue weighted by Gasteiger charge is -2.48. The molecule has 5 heteroatoms. The van der Waals surface area contributed by atoms with Crippen LogP contribution in [0.3, 0.4) is 0 Å². The number of aromatic nitrogens is 1. The van der Waals surface area contributed by atoms with Gasteiger partial charge in [-0.15, -0.1) is 0 Å². The van der Waals surface area contributed by atoms with Crippen LogP contribution in [-0.2, 0) is 17.4 Å². The molecular formula is C33H46N4O. The maximum atomic E-state index is 13.4. The number of rotatable bonds is 9. The first kappa shape index (κ1) is 27.0. The summed E-state index contributed by atoms with van der Waals surface area (Å²) in [5.74, 6) is 0.874. The van der Waals surface area contributed by atoms with E-state index in [2.05, 4.69) is 96.1 Å². The number of likely N-dealkylation sites (N-methyl/N-ethyl adjacent to an activating group) is 1. The van der Waals surface area contributed by atoms with Crippen molar-refractivity contribution < 1.29 is 4.79 Å². The molecule has 1 atom stereocenters. The van der Waals surface area contributed by atoms with Gasteiger partial charge in [-0.25, -0.2) is 0 Å². The Hall–Kier alpha value is -2.63. The van der Waals surface area contributed by atoms with Gasteiger partial charge in [0.15, 0.2) is 0 Å². The van der Waals surface area contributed by atoms with Gasteiger partial charge in [-0.2, -0.15) is 0 Å². The molecule has 1 unspecified atom stereocenters. The Kier molecular flexibility index (Phi) is 8.25. The van der Waals surface area contributed by atoms with Crippen LogP contribution in [0.15, 0.2) is 60.8 Å². The van der Waals surface area contributed by atoms with E-state index < -0.39 is 0 Å². The van der Waals surface area contributed by atoms with Crippen molar-refractivity contribution in [3.8, 4) is 0 Å². The number of carbonyl (C=O) groups excluding carboxylic acids is 1. The number of hydrogen-bond donors (Lipinski definition) is 0. The Labute approximate surface area is 229 Å². The summed E-state index contributed by atoms with van der Waals surface area (Å²) in [6.07, 6.45) is 7.78. The van der Waals surface area contributed by atoms with Crippen LogP contribution in [0.1, 0.15) is 63.0 Å². The zero-order chi connectivity index (χ0) is 26.7. The first-order valence-electron chi connectivity index (χ1n) is 14.7. The van der Waals surface area contributed by atoms with Crippen molar-refractivity contribution in [2.24, 2.45) is 13.0 Å². The second-order valence-corrected chi connectivity index (χ2v) is 12.0. The molecule has 2 aliphatic rings. The largest absolute Gasteiger partial charge is 0.350 e. The lowest BCUT2D eigenvalue weighted by molar-refractivity contribution is -0.130. The maximum Gasteiger partial charge on any atom is 0.222 e. The van der Waals surface area contributed by atoms with Crippen LogP contribution >= 0.6 is 0 Å². The SMILES string of the molecule is CC(C)C(CC(=O)N(C)CCN1CCC(c2ccccc2)(N2CCCC2)CC1)c1cn(C)c2ccccc12. The van der Waals surface area contributed by atoms with Crippen LogP contribution in [0.4, 0.5) is 0 Å². The molecule has 38 heavy (non-hydrogen) atoms. The van der Waals surface area contributed by atoms with Crippen molar-refractivity contribution >= 4 is 16.8 Å². The van der Waals surface area contributed by atoms with E-state index in [-0.39, 0.29) is 17.4 Å². The van der Waals surface area contributed by atoms with Gasteiger partial charge in [-0.3, -0.25) is 9.69 Å². The topological polar surface area (TPSA) is 31.7 Å². The van der Waals surface area contributed by atoms with Crippen molar-refractivity contribution in [2.75, 3.05) is 46.3 Å². The van der Waals surface area contributed by atoms with E-state index in [0.29, 0.717) is 12.3 Å². The Morgan fingerprint density at radius 2 is 1.61 bits per heavy atom. The molecule has 3 aromatic rings. The van der Waals surface area contributed by atoms with Crippen LogP contribution in [-0.4, -0.2) is 71.5 Å². The zero-order valence-electron chi connectivity index (χ0n) is 23.9. The van der Waals surface area contributed by atoms with Crippen molar-refractivity contribution in [2.45, 2.75) is 57.4 Å². The number of nitrogens with zero attached hydrogens (tertiary/aromatic N) is 4. The third kappa shape index (κ3) is 5.41. The lowest BCUT2D eigenvalue weighted by Crippen LogP contribution is -2.53. The molecule has 204 valence electrons. The fraction of sp³-hybridized carbons (Fsp3) is 0.545. The van der Waals surface area contributed by atoms with Gasteiger partial charge in [0, 0.05) is 69.3 Å². The third-order valence-electron chi connectivity index (χ3n) is 9.41. The van der Waals surface area contributed by atoms with Gasteiger partial charge < -0.3 is 14.4 Å². The molecule has 2 saturated heterocycles. The summed E-state index contributed by atoms with van der Waals surface area (Å²) >= 11 is 0. The van der Waals surface area contributed by atoms with Gasteiger partial charge in [0.25, 0.3) is 0 Å². The number of piperidine rings is 1. The summed E-state index contributed by atoms with van der Waals surface area (Å²) < 4.78 is 2.20. The van der Waals surface area contributed by atoms with E-state index >= 15 is 0 Å². The Morgan fingerprint density at radius 1 is 0.947 bits per heavy atom. The highest BCUT2D eigenvalue weighted by Gasteiger charge is 2.42. The molecule has 5 rings (SSSR count). The van der Waals surface area contributed by atoms with Crippen molar-refractivity contribution in [1.29, 1.82) is 0 Å². The van der Waals surface area contributed by atoms with E-state index in [9.17, 15) is 4.79 Å². The normalized spacial score (nSPS) is 19.3. The molecule has 3 heterocycles. The van der Waals surface area contributed by atoms with E-state index in [4.69, 9.17) is 0 Å². The van der Waals surface area contributed by atoms with E-state index in [1.54, 1.807) is 0 Å². The minimum Gasteiger partial charge on any atom is -0.350 e. The molecule has 0 saturated carbocycles. The second-order valence-electron chi connectivity index (χ2n) is 12.0. The molecule has 2 aromatic carbocycles. The van der Waals surface area contributed by atoms with Crippen LogP contribution < -0.4 is 0 Å². The van der Waals surface area contributed by atoms with E-state index in [1.807, 2.05) is 11.9 Å². The number of fused-ring (bicyclic) bond motifs is 1. The average Bonchev–Trinajstić information content (AvgIpc) is 3.60. The number of amides is 1. The number of carbonyl (C=O) groups is 1. The monoisotopic (exact) mass is 514 g/mol. The predicted octanol–water partition coefficient (Wildman–Crippen LogP) is 5.85. The molecule has 0 aliphatic carbocycles. The van der Waals surface area contributed by atoms with Crippen LogP contribution in [0.2, 0.25) is 0 Å². The molecule has 0 spiro atoms. The van der Waals surface area contributed by atoms with Crippen molar-refractivity contribution in [3.05, 3.63) is 71.9 Å². The van der Waals surface area contributed by atoms with Gasteiger partial charge in [0.2, 0.25) is 5.91 Å². The minimum absolute atomic E-state index is 0.179. The number of likely N-dealkylation sites (tertiary alicyclic amines) is 2. The highest BCUT2D eigenvalue weighted by Crippen LogP contribution is 2.41.